The maximum Gasteiger partial charge on any atom is 2.00 e. The Labute approximate surface area is 74.6 Å². The predicted octanol–water partition coefficient (Wildman–Crippen LogP) is -2.82. The minimum atomic E-state index is -1.39. The molecule has 0 saturated carbocycles. The van der Waals surface area contributed by atoms with Crippen molar-refractivity contribution in [3.8, 4) is 0 Å². The molecule has 0 amide bonds. The molecule has 11 heavy (non-hydrogen) atoms. The van der Waals surface area contributed by atoms with Crippen LogP contribution in [0.3, 0.4) is 0 Å². The third-order valence-corrected chi connectivity index (χ3v) is 0.985. The average molecular weight is 199 g/mol. The molecular formula is C5H8MnN2O3. The van der Waals surface area contributed by atoms with Crippen LogP contribution in [0.2, 0.25) is 0 Å². The van der Waals surface area contributed by atoms with Crippen LogP contribution < -0.4 is 15.9 Å². The molecule has 6 heteroatoms. The molecule has 0 aliphatic rings. The number of nitrogens with two attached hydrogens (primary N) is 1. The third kappa shape index (κ3) is 7.31. The number of nitrogens with one attached hydrogen (secondary N) is 1. The molecule has 1 unspecified atom stereocenters. The fourth-order valence-corrected chi connectivity index (χ4v) is 0.404. The summed E-state index contributed by atoms with van der Waals surface area (Å²) in [7, 11) is 0. The predicted molar refractivity (Wildman–Crippen MR) is 29.9 cm³/mol. The Morgan fingerprint density at radius 1 is 1.55 bits per heavy atom. The Bertz CT molecular complexity index is 151. The zero-order chi connectivity index (χ0) is 8.15. The largest absolute Gasteiger partial charge is 2.00 e. The van der Waals surface area contributed by atoms with E-state index in [0.29, 0.717) is 0 Å². The van der Waals surface area contributed by atoms with Crippen molar-refractivity contribution < 1.29 is 32.1 Å². The molecule has 0 aliphatic carbocycles. The van der Waals surface area contributed by atoms with Crippen LogP contribution in [-0.2, 0) is 21.9 Å². The van der Waals surface area contributed by atoms with E-state index in [1.807, 2.05) is 0 Å². The van der Waals surface area contributed by atoms with Crippen LogP contribution in [0.25, 0.3) is 0 Å². The quantitative estimate of drug-likeness (QED) is 0.288. The van der Waals surface area contributed by atoms with E-state index in [4.69, 9.17) is 11.1 Å². The van der Waals surface area contributed by atoms with Gasteiger partial charge in [0.15, 0.2) is 0 Å². The van der Waals surface area contributed by atoms with E-state index in [1.165, 1.54) is 0 Å². The van der Waals surface area contributed by atoms with E-state index in [-0.39, 0.29) is 29.9 Å². The molecule has 3 N–H and O–H groups in total. The number of hydrogen-bond donors (Lipinski definition) is 2. The van der Waals surface area contributed by atoms with Gasteiger partial charge >= 0.3 is 17.1 Å². The molecule has 1 atom stereocenters. The SMILES string of the molecule is N=C([O-])CCC(N)C(=O)[O-].[Mn+2]. The van der Waals surface area contributed by atoms with Gasteiger partial charge in [-0.2, -0.15) is 0 Å². The molecule has 0 aliphatic heterocycles. The summed E-state index contributed by atoms with van der Waals surface area (Å²) in [5, 5.41) is 26.3. The molecule has 1 radical (unpaired) electrons. The molecular weight excluding hydrogens is 191 g/mol. The van der Waals surface area contributed by atoms with Crippen LogP contribution in [-0.4, -0.2) is 17.9 Å². The van der Waals surface area contributed by atoms with Crippen molar-refractivity contribution in [1.82, 2.24) is 0 Å². The van der Waals surface area contributed by atoms with Gasteiger partial charge in [0.1, 0.15) is 0 Å². The van der Waals surface area contributed by atoms with Gasteiger partial charge in [-0.15, -0.1) is 0 Å². The van der Waals surface area contributed by atoms with E-state index >= 15 is 0 Å². The second-order valence-electron chi connectivity index (χ2n) is 1.89. The summed E-state index contributed by atoms with van der Waals surface area (Å²) >= 11 is 0. The van der Waals surface area contributed by atoms with Crippen molar-refractivity contribution in [2.24, 2.45) is 5.73 Å². The summed E-state index contributed by atoms with van der Waals surface area (Å²) in [6, 6.07) is -1.13. The summed E-state index contributed by atoms with van der Waals surface area (Å²) in [6.07, 6.45) is -0.153. The van der Waals surface area contributed by atoms with Crippen LogP contribution in [0.1, 0.15) is 12.8 Å². The molecule has 0 aromatic rings. The van der Waals surface area contributed by atoms with Crippen LogP contribution in [0.15, 0.2) is 0 Å². The number of rotatable bonds is 4. The first kappa shape index (κ1) is 13.0. The molecule has 0 spiro atoms. The molecule has 0 saturated heterocycles. The Balaban J connectivity index is 0. The van der Waals surface area contributed by atoms with Crippen LogP contribution in [0.5, 0.6) is 0 Å². The van der Waals surface area contributed by atoms with E-state index in [0.717, 1.165) is 0 Å². The second-order valence-corrected chi connectivity index (χ2v) is 1.89. The topological polar surface area (TPSA) is 113 Å². The van der Waals surface area contributed by atoms with Gasteiger partial charge in [0.05, 0.1) is 5.97 Å². The average Bonchev–Trinajstić information content (AvgIpc) is 1.82. The molecule has 0 aromatic carbocycles. The standard InChI is InChI=1S/C5H10N2O3.Mn/c6-3(5(9)10)1-2-4(7)8;/h3H,1-2,6H2,(H2,7,8)(H,9,10);/q;+2/p-2. The van der Waals surface area contributed by atoms with Crippen molar-refractivity contribution in [2.75, 3.05) is 0 Å². The van der Waals surface area contributed by atoms with Gasteiger partial charge in [-0.3, -0.25) is 0 Å². The molecule has 0 aromatic heterocycles. The number of aliphatic carboxylic acids is 1. The van der Waals surface area contributed by atoms with Gasteiger partial charge in [-0.05, 0) is 18.7 Å². The fraction of sp³-hybridized carbons (Fsp3) is 0.600. The van der Waals surface area contributed by atoms with Crippen molar-refractivity contribution in [3.63, 3.8) is 0 Å². The fourth-order valence-electron chi connectivity index (χ4n) is 0.404. The van der Waals surface area contributed by atoms with Gasteiger partial charge < -0.3 is 26.2 Å². The van der Waals surface area contributed by atoms with E-state index in [9.17, 15) is 15.0 Å². The second kappa shape index (κ2) is 6.15. The molecule has 0 bridgehead atoms. The Morgan fingerprint density at radius 2 is 2.00 bits per heavy atom. The maximum atomic E-state index is 9.97. The van der Waals surface area contributed by atoms with Gasteiger partial charge in [0.25, 0.3) is 0 Å². The molecule has 0 fully saturated rings. The van der Waals surface area contributed by atoms with Crippen LogP contribution >= 0.6 is 0 Å². The smallest absolute Gasteiger partial charge is 0.862 e. The van der Waals surface area contributed by atoms with Crippen LogP contribution in [0, 0.1) is 5.41 Å². The number of carboxylic acid groups (broad SMARTS) is 1. The summed E-state index contributed by atoms with van der Waals surface area (Å²) in [5.74, 6) is -2.20. The summed E-state index contributed by atoms with van der Waals surface area (Å²) in [5.41, 5.74) is 4.97. The summed E-state index contributed by atoms with van der Waals surface area (Å²) in [6.45, 7) is 0. The monoisotopic (exact) mass is 199 g/mol. The van der Waals surface area contributed by atoms with Crippen molar-refractivity contribution in [3.05, 3.63) is 0 Å². The molecule has 0 heterocycles. The normalized spacial score (nSPS) is 11.4. The van der Waals surface area contributed by atoms with Crippen LogP contribution in [0.4, 0.5) is 0 Å². The number of carboxylic acids is 1. The number of hydrogen-bond acceptors (Lipinski definition) is 5. The maximum absolute atomic E-state index is 9.97. The molecule has 63 valence electrons. The summed E-state index contributed by atoms with van der Waals surface area (Å²) in [4.78, 5) is 9.90. The third-order valence-electron chi connectivity index (χ3n) is 0.985. The Morgan fingerprint density at radius 3 is 2.27 bits per heavy atom. The van der Waals surface area contributed by atoms with E-state index in [2.05, 4.69) is 0 Å². The van der Waals surface area contributed by atoms with Crippen molar-refractivity contribution in [2.45, 2.75) is 18.9 Å². The molecule has 5 nitrogen and oxygen atoms in total. The van der Waals surface area contributed by atoms with Gasteiger partial charge in [0, 0.05) is 6.04 Å². The first-order valence-electron chi connectivity index (χ1n) is 2.75. The van der Waals surface area contributed by atoms with Gasteiger partial charge in [-0.25, -0.2) is 0 Å². The molecule has 0 rings (SSSR count). The minimum Gasteiger partial charge on any atom is -0.862 e. The van der Waals surface area contributed by atoms with E-state index in [1.54, 1.807) is 0 Å². The van der Waals surface area contributed by atoms with Gasteiger partial charge in [0.2, 0.25) is 0 Å². The number of carbonyl (C=O) groups excluding carboxylic acids is 1. The van der Waals surface area contributed by atoms with Crippen molar-refractivity contribution >= 4 is 11.9 Å². The zero-order valence-electron chi connectivity index (χ0n) is 5.67. The van der Waals surface area contributed by atoms with Gasteiger partial charge in [-0.1, -0.05) is 0 Å². The minimum absolute atomic E-state index is 0. The number of carbonyl (C=O) groups is 1. The Kier molecular flexibility index (Phi) is 7.29. The van der Waals surface area contributed by atoms with Crippen molar-refractivity contribution in [1.29, 1.82) is 5.41 Å². The Hall–Kier alpha value is -0.581. The summed E-state index contributed by atoms with van der Waals surface area (Å²) < 4.78 is 0. The zero-order valence-corrected chi connectivity index (χ0v) is 6.85. The first-order chi connectivity index (χ1) is 4.54. The van der Waals surface area contributed by atoms with E-state index < -0.39 is 17.9 Å². The first-order valence-corrected chi connectivity index (χ1v) is 2.75.